The molecule has 0 fully saturated rings. The Labute approximate surface area is 83.0 Å². The van der Waals surface area contributed by atoms with Crippen molar-refractivity contribution in [3.05, 3.63) is 33.5 Å². The van der Waals surface area contributed by atoms with Crippen LogP contribution in [0.3, 0.4) is 0 Å². The molecule has 4 heteroatoms. The fraction of sp³-hybridized carbons (Fsp3) is 0.125. The van der Waals surface area contributed by atoms with E-state index in [9.17, 15) is 4.79 Å². The molecule has 0 aliphatic rings. The lowest BCUT2D eigenvalue weighted by molar-refractivity contribution is 0.0555. The summed E-state index contributed by atoms with van der Waals surface area (Å²) in [4.78, 5) is 11.7. The van der Waals surface area contributed by atoms with E-state index in [2.05, 4.69) is 22.5 Å². The average molecular weight is 247 g/mol. The number of hydrogen-bond acceptors (Lipinski definition) is 3. The van der Waals surface area contributed by atoms with E-state index in [0.717, 1.165) is 3.79 Å². The molecule has 0 aliphatic heterocycles. The first kappa shape index (κ1) is 9.48. The summed E-state index contributed by atoms with van der Waals surface area (Å²) < 4.78 is 5.75. The van der Waals surface area contributed by atoms with Crippen LogP contribution in [-0.4, -0.2) is 12.6 Å². The zero-order valence-corrected chi connectivity index (χ0v) is 8.65. The lowest BCUT2D eigenvalue weighted by Crippen LogP contribution is -2.01. The van der Waals surface area contributed by atoms with Gasteiger partial charge in [-0.3, -0.25) is 0 Å². The highest BCUT2D eigenvalue weighted by Gasteiger charge is 2.08. The van der Waals surface area contributed by atoms with Crippen LogP contribution in [0.15, 0.2) is 28.6 Å². The Kier molecular flexibility index (Phi) is 3.49. The molecule has 0 unspecified atom stereocenters. The van der Waals surface area contributed by atoms with Gasteiger partial charge in [0.25, 0.3) is 0 Å². The third-order valence-corrected chi connectivity index (χ3v) is 2.71. The van der Waals surface area contributed by atoms with E-state index in [1.54, 1.807) is 12.1 Å². The van der Waals surface area contributed by atoms with Crippen LogP contribution in [-0.2, 0) is 4.74 Å². The molecule has 2 nitrogen and oxygen atoms in total. The van der Waals surface area contributed by atoms with Gasteiger partial charge in [0.2, 0.25) is 0 Å². The zero-order chi connectivity index (χ0) is 8.97. The second kappa shape index (κ2) is 4.42. The van der Waals surface area contributed by atoms with E-state index < -0.39 is 0 Å². The van der Waals surface area contributed by atoms with Crippen LogP contribution in [0.2, 0.25) is 0 Å². The summed E-state index contributed by atoms with van der Waals surface area (Å²) in [6.07, 6.45) is 1.54. The molecule has 0 radical (unpaired) electrons. The molecule has 0 atom stereocenters. The molecule has 0 aromatic carbocycles. The SMILES string of the molecule is C=CCOC(=O)c1ccc(Br)s1. The molecule has 1 aromatic rings. The van der Waals surface area contributed by atoms with Crippen LogP contribution in [0.4, 0.5) is 0 Å². The van der Waals surface area contributed by atoms with E-state index in [0.29, 0.717) is 4.88 Å². The first-order valence-corrected chi connectivity index (χ1v) is 4.88. The maximum Gasteiger partial charge on any atom is 0.348 e. The van der Waals surface area contributed by atoms with Gasteiger partial charge in [-0.1, -0.05) is 12.7 Å². The maximum absolute atomic E-state index is 11.1. The second-order valence-electron chi connectivity index (χ2n) is 1.99. The Hall–Kier alpha value is -0.610. The first-order valence-electron chi connectivity index (χ1n) is 3.27. The van der Waals surface area contributed by atoms with Crippen LogP contribution in [0.25, 0.3) is 0 Å². The molecule has 1 rings (SSSR count). The molecule has 1 aromatic heterocycles. The van der Waals surface area contributed by atoms with Crippen LogP contribution < -0.4 is 0 Å². The van der Waals surface area contributed by atoms with Crippen molar-refractivity contribution in [1.82, 2.24) is 0 Å². The van der Waals surface area contributed by atoms with E-state index >= 15 is 0 Å². The van der Waals surface area contributed by atoms with Crippen LogP contribution >= 0.6 is 27.3 Å². The predicted octanol–water partition coefficient (Wildman–Crippen LogP) is 2.85. The molecule has 1 heterocycles. The summed E-state index contributed by atoms with van der Waals surface area (Å²) >= 11 is 4.61. The smallest absolute Gasteiger partial charge is 0.348 e. The summed E-state index contributed by atoms with van der Waals surface area (Å²) in [5, 5.41) is 0. The highest BCUT2D eigenvalue weighted by Crippen LogP contribution is 2.22. The summed E-state index contributed by atoms with van der Waals surface area (Å²) in [7, 11) is 0. The lowest BCUT2D eigenvalue weighted by atomic mass is 10.5. The zero-order valence-electron chi connectivity index (χ0n) is 6.25. The quantitative estimate of drug-likeness (QED) is 0.606. The molecule has 0 saturated carbocycles. The highest BCUT2D eigenvalue weighted by molar-refractivity contribution is 9.11. The monoisotopic (exact) mass is 246 g/mol. The summed E-state index contributed by atoms with van der Waals surface area (Å²) in [5.41, 5.74) is 0. The van der Waals surface area contributed by atoms with Gasteiger partial charge in [0, 0.05) is 0 Å². The minimum atomic E-state index is -0.300. The number of rotatable bonds is 3. The molecule has 12 heavy (non-hydrogen) atoms. The Morgan fingerprint density at radius 3 is 3.00 bits per heavy atom. The second-order valence-corrected chi connectivity index (χ2v) is 4.45. The van der Waals surface area contributed by atoms with E-state index in [1.807, 2.05) is 6.07 Å². The van der Waals surface area contributed by atoms with Crippen molar-refractivity contribution in [3.8, 4) is 0 Å². The van der Waals surface area contributed by atoms with Crippen LogP contribution in [0.5, 0.6) is 0 Å². The predicted molar refractivity (Wildman–Crippen MR) is 52.5 cm³/mol. The van der Waals surface area contributed by atoms with Gasteiger partial charge in [-0.15, -0.1) is 11.3 Å². The first-order chi connectivity index (χ1) is 5.74. The lowest BCUT2D eigenvalue weighted by Gasteiger charge is -1.96. The van der Waals surface area contributed by atoms with Crippen molar-refractivity contribution < 1.29 is 9.53 Å². The molecular formula is C8H7BrO2S. The molecule has 0 bridgehead atoms. The molecule has 0 saturated heterocycles. The average Bonchev–Trinajstić information content (AvgIpc) is 2.47. The van der Waals surface area contributed by atoms with Crippen LogP contribution in [0, 0.1) is 0 Å². The van der Waals surface area contributed by atoms with Crippen molar-refractivity contribution >= 4 is 33.2 Å². The number of thiophene rings is 1. The minimum Gasteiger partial charge on any atom is -0.457 e. The van der Waals surface area contributed by atoms with Gasteiger partial charge in [-0.25, -0.2) is 4.79 Å². The summed E-state index contributed by atoms with van der Waals surface area (Å²) in [6, 6.07) is 3.54. The number of hydrogen-bond donors (Lipinski definition) is 0. The third kappa shape index (κ3) is 2.46. The van der Waals surface area contributed by atoms with Gasteiger partial charge in [-0.05, 0) is 28.1 Å². The standard InChI is InChI=1S/C8H7BrO2S/c1-2-5-11-8(10)6-3-4-7(9)12-6/h2-4H,1,5H2. The Bertz CT molecular complexity index is 293. The van der Waals surface area contributed by atoms with Crippen molar-refractivity contribution in [2.24, 2.45) is 0 Å². The van der Waals surface area contributed by atoms with Gasteiger partial charge < -0.3 is 4.74 Å². The van der Waals surface area contributed by atoms with E-state index in [-0.39, 0.29) is 12.6 Å². The van der Waals surface area contributed by atoms with Gasteiger partial charge >= 0.3 is 5.97 Å². The summed E-state index contributed by atoms with van der Waals surface area (Å²) in [5.74, 6) is -0.300. The third-order valence-electron chi connectivity index (χ3n) is 1.11. The van der Waals surface area contributed by atoms with Gasteiger partial charge in [-0.2, -0.15) is 0 Å². The molecule has 64 valence electrons. The molecule has 0 aliphatic carbocycles. The van der Waals surface area contributed by atoms with Crippen LogP contribution in [0.1, 0.15) is 9.67 Å². The normalized spacial score (nSPS) is 9.42. The number of halogens is 1. The van der Waals surface area contributed by atoms with Crippen molar-refractivity contribution in [1.29, 1.82) is 0 Å². The topological polar surface area (TPSA) is 26.3 Å². The highest BCUT2D eigenvalue weighted by atomic mass is 79.9. The van der Waals surface area contributed by atoms with Gasteiger partial charge in [0.1, 0.15) is 11.5 Å². The Morgan fingerprint density at radius 2 is 2.50 bits per heavy atom. The van der Waals surface area contributed by atoms with Crippen molar-refractivity contribution in [2.75, 3.05) is 6.61 Å². The van der Waals surface area contributed by atoms with E-state index in [1.165, 1.54) is 11.3 Å². The van der Waals surface area contributed by atoms with E-state index in [4.69, 9.17) is 4.74 Å². The number of esters is 1. The van der Waals surface area contributed by atoms with Gasteiger partial charge in [0.05, 0.1) is 3.79 Å². The molecule has 0 spiro atoms. The number of carbonyl (C=O) groups is 1. The maximum atomic E-state index is 11.1. The molecule has 0 N–H and O–H groups in total. The number of carbonyl (C=O) groups excluding carboxylic acids is 1. The van der Waals surface area contributed by atoms with Crippen molar-refractivity contribution in [2.45, 2.75) is 0 Å². The fourth-order valence-electron chi connectivity index (χ4n) is 0.630. The molecule has 0 amide bonds. The summed E-state index contributed by atoms with van der Waals surface area (Å²) in [6.45, 7) is 3.71. The molecular weight excluding hydrogens is 240 g/mol. The van der Waals surface area contributed by atoms with Crippen molar-refractivity contribution in [3.63, 3.8) is 0 Å². The Morgan fingerprint density at radius 1 is 1.75 bits per heavy atom. The fourth-order valence-corrected chi connectivity index (χ4v) is 1.91. The number of ether oxygens (including phenoxy) is 1. The minimum absolute atomic E-state index is 0.258. The Balaban J connectivity index is 2.59. The van der Waals surface area contributed by atoms with Gasteiger partial charge in [0.15, 0.2) is 0 Å². The largest absolute Gasteiger partial charge is 0.457 e.